The first kappa shape index (κ1) is 20.4. The lowest BCUT2D eigenvalue weighted by atomic mass is 10.1. The Balaban J connectivity index is 1.78. The number of fused-ring (bicyclic) bond motifs is 1. The Hall–Kier alpha value is -2.92. The van der Waals surface area contributed by atoms with Crippen LogP contribution in [0.25, 0.3) is 0 Å². The van der Waals surface area contributed by atoms with E-state index in [1.54, 1.807) is 0 Å². The molecular weight excluding hydrogens is 372 g/mol. The minimum atomic E-state index is 0.0670. The summed E-state index contributed by atoms with van der Waals surface area (Å²) >= 11 is 0. The molecule has 0 saturated heterocycles. The molecule has 0 radical (unpaired) electrons. The first-order chi connectivity index (χ1) is 14.6. The van der Waals surface area contributed by atoms with E-state index in [1.165, 1.54) is 5.56 Å². The van der Waals surface area contributed by atoms with Gasteiger partial charge in [-0.1, -0.05) is 56.3 Å². The third-order valence-electron chi connectivity index (χ3n) is 5.79. The van der Waals surface area contributed by atoms with Gasteiger partial charge in [0.2, 0.25) is 5.95 Å². The number of nitrogens with zero attached hydrogens (tertiary/aromatic N) is 4. The summed E-state index contributed by atoms with van der Waals surface area (Å²) in [5.41, 5.74) is 5.18. The summed E-state index contributed by atoms with van der Waals surface area (Å²) in [5.74, 6) is 0.742. The fourth-order valence-corrected chi connectivity index (χ4v) is 4.10. The summed E-state index contributed by atoms with van der Waals surface area (Å²) in [5, 5.41) is 0. The van der Waals surface area contributed by atoms with Crippen LogP contribution in [0, 0.1) is 6.92 Å². The molecule has 30 heavy (non-hydrogen) atoms. The first-order valence-corrected chi connectivity index (χ1v) is 10.8. The summed E-state index contributed by atoms with van der Waals surface area (Å²) in [6.07, 6.45) is 2.67. The Morgan fingerprint density at radius 2 is 1.67 bits per heavy atom. The lowest BCUT2D eigenvalue weighted by Crippen LogP contribution is -2.48. The zero-order valence-electron chi connectivity index (χ0n) is 18.1. The number of rotatable bonds is 6. The van der Waals surface area contributed by atoms with Gasteiger partial charge in [-0.2, -0.15) is 0 Å². The smallest absolute Gasteiger partial charge is 0.259 e. The van der Waals surface area contributed by atoms with Crippen LogP contribution in [0.3, 0.4) is 0 Å². The van der Waals surface area contributed by atoms with Crippen molar-refractivity contribution in [2.75, 3.05) is 18.1 Å². The van der Waals surface area contributed by atoms with E-state index < -0.39 is 0 Å². The lowest BCUT2D eigenvalue weighted by molar-refractivity contribution is 0.198. The maximum atomic E-state index is 13.5. The normalized spacial score (nSPS) is 14.0. The zero-order valence-corrected chi connectivity index (χ0v) is 18.1. The molecule has 1 aromatic heterocycles. The third-order valence-corrected chi connectivity index (χ3v) is 5.79. The van der Waals surface area contributed by atoms with Crippen LogP contribution in [-0.4, -0.2) is 27.7 Å². The Bertz CT molecular complexity index is 1060. The molecule has 0 saturated carbocycles. The average Bonchev–Trinajstić information content (AvgIpc) is 2.78. The van der Waals surface area contributed by atoms with Gasteiger partial charge < -0.3 is 0 Å². The highest BCUT2D eigenvalue weighted by Crippen LogP contribution is 2.28. The van der Waals surface area contributed by atoms with Crippen LogP contribution in [-0.2, 0) is 19.5 Å². The second-order valence-electron chi connectivity index (χ2n) is 8.00. The van der Waals surface area contributed by atoms with Crippen molar-refractivity contribution in [2.24, 2.45) is 0 Å². The zero-order chi connectivity index (χ0) is 21.1. The maximum Gasteiger partial charge on any atom is 0.259 e. The quantitative estimate of drug-likeness (QED) is 0.609. The van der Waals surface area contributed by atoms with Crippen LogP contribution in [0.5, 0.6) is 0 Å². The number of anilines is 2. The van der Waals surface area contributed by atoms with Crippen LogP contribution in [0.2, 0.25) is 0 Å². The summed E-state index contributed by atoms with van der Waals surface area (Å²) in [6, 6.07) is 18.7. The number of hydrogen-bond donors (Lipinski definition) is 0. The largest absolute Gasteiger partial charge is 0.298 e. The number of hydrogen-bond acceptors (Lipinski definition) is 4. The van der Waals surface area contributed by atoms with Crippen molar-refractivity contribution in [3.8, 4) is 0 Å². The molecule has 5 heteroatoms. The fourth-order valence-electron chi connectivity index (χ4n) is 4.10. The fraction of sp³-hybridized carbons (Fsp3) is 0.360. The molecule has 3 aromatic rings. The highest BCUT2D eigenvalue weighted by Gasteiger charge is 2.27. The van der Waals surface area contributed by atoms with Crippen molar-refractivity contribution in [3.63, 3.8) is 0 Å². The average molecular weight is 403 g/mol. The molecule has 2 aromatic carbocycles. The molecule has 1 aliphatic heterocycles. The molecule has 156 valence electrons. The predicted molar refractivity (Wildman–Crippen MR) is 122 cm³/mol. The van der Waals surface area contributed by atoms with Crippen LogP contribution < -0.4 is 10.5 Å². The van der Waals surface area contributed by atoms with Gasteiger partial charge in [0.05, 0.1) is 19.0 Å². The Morgan fingerprint density at radius 3 is 2.33 bits per heavy atom. The van der Waals surface area contributed by atoms with E-state index in [-0.39, 0.29) is 5.56 Å². The highest BCUT2D eigenvalue weighted by molar-refractivity contribution is 5.59. The van der Waals surface area contributed by atoms with E-state index in [0.29, 0.717) is 13.1 Å². The van der Waals surface area contributed by atoms with Crippen molar-refractivity contribution < 1.29 is 0 Å². The van der Waals surface area contributed by atoms with Crippen molar-refractivity contribution in [2.45, 2.75) is 46.7 Å². The number of aromatic nitrogens is 2. The van der Waals surface area contributed by atoms with E-state index in [9.17, 15) is 4.79 Å². The lowest BCUT2D eigenvalue weighted by Gasteiger charge is -2.38. The molecule has 0 unspecified atom stereocenters. The van der Waals surface area contributed by atoms with Crippen molar-refractivity contribution >= 4 is 11.6 Å². The summed E-state index contributed by atoms with van der Waals surface area (Å²) in [4.78, 5) is 22.9. The van der Waals surface area contributed by atoms with Crippen LogP contribution in [0.15, 0.2) is 59.4 Å². The minimum Gasteiger partial charge on any atom is -0.298 e. The molecule has 0 spiro atoms. The van der Waals surface area contributed by atoms with Gasteiger partial charge in [-0.3, -0.25) is 19.2 Å². The molecule has 1 aliphatic rings. The minimum absolute atomic E-state index is 0.0670. The van der Waals surface area contributed by atoms with E-state index in [4.69, 9.17) is 4.98 Å². The Labute approximate surface area is 178 Å². The van der Waals surface area contributed by atoms with Crippen LogP contribution in [0.1, 0.15) is 42.7 Å². The van der Waals surface area contributed by atoms with Gasteiger partial charge in [0.15, 0.2) is 0 Å². The first-order valence-electron chi connectivity index (χ1n) is 10.8. The molecule has 0 N–H and O–H groups in total. The van der Waals surface area contributed by atoms with Gasteiger partial charge in [-0.15, -0.1) is 0 Å². The molecule has 4 rings (SSSR count). The molecule has 0 aliphatic carbocycles. The van der Waals surface area contributed by atoms with Gasteiger partial charge in [0.25, 0.3) is 5.56 Å². The van der Waals surface area contributed by atoms with Crippen LogP contribution in [0.4, 0.5) is 11.6 Å². The third kappa shape index (κ3) is 4.03. The summed E-state index contributed by atoms with van der Waals surface area (Å²) < 4.78 is 1.85. The number of benzene rings is 2. The van der Waals surface area contributed by atoms with Gasteiger partial charge >= 0.3 is 0 Å². The van der Waals surface area contributed by atoms with Crippen LogP contribution >= 0.6 is 0 Å². The van der Waals surface area contributed by atoms with E-state index in [1.807, 2.05) is 29.7 Å². The molecular formula is C25H30N4O. The Kier molecular flexibility index (Phi) is 6.00. The Morgan fingerprint density at radius 1 is 0.933 bits per heavy atom. The van der Waals surface area contributed by atoms with Gasteiger partial charge in [-0.05, 0) is 43.0 Å². The molecule has 0 amide bonds. The second-order valence-corrected chi connectivity index (χ2v) is 8.00. The van der Waals surface area contributed by atoms with Gasteiger partial charge in [0, 0.05) is 24.2 Å². The summed E-state index contributed by atoms with van der Waals surface area (Å²) in [7, 11) is 0. The van der Waals surface area contributed by atoms with Crippen molar-refractivity contribution in [1.82, 2.24) is 14.5 Å². The molecule has 0 atom stereocenters. The van der Waals surface area contributed by atoms with E-state index >= 15 is 0 Å². The van der Waals surface area contributed by atoms with Gasteiger partial charge in [-0.25, -0.2) is 4.98 Å². The monoisotopic (exact) mass is 402 g/mol. The predicted octanol–water partition coefficient (Wildman–Crippen LogP) is 4.48. The van der Waals surface area contributed by atoms with Crippen molar-refractivity contribution in [1.29, 1.82) is 0 Å². The second kappa shape index (κ2) is 8.84. The van der Waals surface area contributed by atoms with Crippen molar-refractivity contribution in [3.05, 3.63) is 87.3 Å². The van der Waals surface area contributed by atoms with Gasteiger partial charge in [0.1, 0.15) is 0 Å². The molecule has 5 nitrogen and oxygen atoms in total. The standard InChI is InChI=1S/C25H30N4O/c1-4-15-27-17-28(22-13-11-20(5-2)12-14-22)25-26-19(3)23(24(30)29(25)18-27)16-21-9-7-6-8-10-21/h6-14H,4-5,15-18H2,1-3H3. The summed E-state index contributed by atoms with van der Waals surface area (Å²) in [6.45, 7) is 8.55. The highest BCUT2D eigenvalue weighted by atomic mass is 16.1. The molecule has 0 fully saturated rings. The van der Waals surface area contributed by atoms with E-state index in [2.05, 4.69) is 60.0 Å². The molecule has 2 heterocycles. The SMILES string of the molecule is CCCN1CN(c2ccc(CC)cc2)c2nc(C)c(Cc3ccccc3)c(=O)n2C1. The maximum absolute atomic E-state index is 13.5. The molecule has 0 bridgehead atoms. The number of aryl methyl sites for hydroxylation is 2. The van der Waals surface area contributed by atoms with E-state index in [0.717, 1.165) is 54.5 Å². The topological polar surface area (TPSA) is 41.4 Å².